The monoisotopic (exact) mass is 177 g/mol. The molecule has 1 saturated heterocycles. The van der Waals surface area contributed by atoms with Gasteiger partial charge in [-0.3, -0.25) is 9.63 Å². The maximum atomic E-state index is 11.2. The third kappa shape index (κ3) is 1.87. The van der Waals surface area contributed by atoms with Crippen LogP contribution in [-0.2, 0) is 16.2 Å². The minimum atomic E-state index is 0.0730. The van der Waals surface area contributed by atoms with E-state index in [1.807, 2.05) is 30.3 Å². The van der Waals surface area contributed by atoms with Crippen molar-refractivity contribution in [1.82, 2.24) is 5.06 Å². The fourth-order valence-corrected chi connectivity index (χ4v) is 1.32. The zero-order valence-electron chi connectivity index (χ0n) is 7.27. The smallest absolute Gasteiger partial charge is 0.248 e. The molecule has 0 atom stereocenters. The summed E-state index contributed by atoms with van der Waals surface area (Å²) >= 11 is 0. The molecule has 0 aliphatic carbocycles. The van der Waals surface area contributed by atoms with E-state index in [-0.39, 0.29) is 5.91 Å². The summed E-state index contributed by atoms with van der Waals surface area (Å²) < 4.78 is 0. The van der Waals surface area contributed by atoms with Crippen LogP contribution in [0.4, 0.5) is 0 Å². The first kappa shape index (κ1) is 8.26. The summed E-state index contributed by atoms with van der Waals surface area (Å²) in [6.45, 7) is 1.07. The molecule has 1 aliphatic rings. The number of carbonyl (C=O) groups is 1. The Morgan fingerprint density at radius 1 is 1.31 bits per heavy atom. The summed E-state index contributed by atoms with van der Waals surface area (Å²) in [5, 5.41) is 1.43. The van der Waals surface area contributed by atoms with Gasteiger partial charge in [-0.1, -0.05) is 30.3 Å². The molecule has 0 unspecified atom stereocenters. The molecule has 1 fully saturated rings. The molecule has 1 amide bonds. The van der Waals surface area contributed by atoms with Gasteiger partial charge in [0.2, 0.25) is 5.91 Å². The number of nitrogens with zero attached hydrogens (tertiary/aromatic N) is 1. The highest BCUT2D eigenvalue weighted by molar-refractivity contribution is 5.76. The van der Waals surface area contributed by atoms with Crippen molar-refractivity contribution in [2.24, 2.45) is 0 Å². The van der Waals surface area contributed by atoms with E-state index >= 15 is 0 Å². The van der Waals surface area contributed by atoms with Crippen molar-refractivity contribution < 1.29 is 9.63 Å². The van der Waals surface area contributed by atoms with E-state index in [0.29, 0.717) is 19.6 Å². The van der Waals surface area contributed by atoms with Gasteiger partial charge < -0.3 is 0 Å². The van der Waals surface area contributed by atoms with Crippen molar-refractivity contribution in [2.75, 3.05) is 6.61 Å². The van der Waals surface area contributed by atoms with Crippen molar-refractivity contribution in [3.63, 3.8) is 0 Å². The van der Waals surface area contributed by atoms with Gasteiger partial charge in [-0.25, -0.2) is 5.06 Å². The van der Waals surface area contributed by atoms with Crippen molar-refractivity contribution in [3.8, 4) is 0 Å². The lowest BCUT2D eigenvalue weighted by atomic mass is 10.2. The van der Waals surface area contributed by atoms with E-state index in [9.17, 15) is 4.79 Å². The molecule has 3 nitrogen and oxygen atoms in total. The van der Waals surface area contributed by atoms with Crippen LogP contribution in [0, 0.1) is 0 Å². The van der Waals surface area contributed by atoms with Gasteiger partial charge in [-0.15, -0.1) is 0 Å². The van der Waals surface area contributed by atoms with Crippen molar-refractivity contribution in [3.05, 3.63) is 35.9 Å². The number of carbonyl (C=O) groups excluding carboxylic acids is 1. The van der Waals surface area contributed by atoms with Crippen LogP contribution in [0.2, 0.25) is 0 Å². The Kier molecular flexibility index (Phi) is 2.27. The van der Waals surface area contributed by atoms with Crippen molar-refractivity contribution in [2.45, 2.75) is 13.0 Å². The number of hydroxylamine groups is 2. The minimum Gasteiger partial charge on any atom is -0.272 e. The lowest BCUT2D eigenvalue weighted by molar-refractivity contribution is -0.164. The second-order valence-electron chi connectivity index (χ2n) is 3.00. The Morgan fingerprint density at radius 3 is 2.69 bits per heavy atom. The zero-order chi connectivity index (χ0) is 9.10. The SMILES string of the molecule is O=C1CCON1Cc1ccccc1. The Morgan fingerprint density at radius 2 is 2.08 bits per heavy atom. The second kappa shape index (κ2) is 3.58. The molecule has 1 aliphatic heterocycles. The van der Waals surface area contributed by atoms with E-state index in [0.717, 1.165) is 5.56 Å². The minimum absolute atomic E-state index is 0.0730. The fraction of sp³-hybridized carbons (Fsp3) is 0.300. The van der Waals surface area contributed by atoms with Gasteiger partial charge in [-0.05, 0) is 5.56 Å². The Balaban J connectivity index is 2.02. The first-order chi connectivity index (χ1) is 6.36. The largest absolute Gasteiger partial charge is 0.272 e. The third-order valence-corrected chi connectivity index (χ3v) is 2.01. The molecule has 68 valence electrons. The van der Waals surface area contributed by atoms with E-state index in [2.05, 4.69) is 0 Å². The first-order valence-electron chi connectivity index (χ1n) is 4.33. The molecule has 1 aromatic carbocycles. The van der Waals surface area contributed by atoms with Crippen LogP contribution in [0.3, 0.4) is 0 Å². The van der Waals surface area contributed by atoms with Crippen molar-refractivity contribution >= 4 is 5.91 Å². The highest BCUT2D eigenvalue weighted by Crippen LogP contribution is 2.11. The number of rotatable bonds is 2. The molecule has 0 N–H and O–H groups in total. The van der Waals surface area contributed by atoms with Gasteiger partial charge in [-0.2, -0.15) is 0 Å². The van der Waals surface area contributed by atoms with Crippen LogP contribution < -0.4 is 0 Å². The standard InChI is InChI=1S/C10H11NO2/c12-10-6-7-13-11(10)8-9-4-2-1-3-5-9/h1-5H,6-8H2. The lowest BCUT2D eigenvalue weighted by Gasteiger charge is -2.13. The highest BCUT2D eigenvalue weighted by atomic mass is 16.7. The Labute approximate surface area is 76.9 Å². The summed E-state index contributed by atoms with van der Waals surface area (Å²) in [6, 6.07) is 9.83. The summed E-state index contributed by atoms with van der Waals surface area (Å²) in [5.74, 6) is 0.0730. The van der Waals surface area contributed by atoms with Gasteiger partial charge in [0, 0.05) is 0 Å². The molecule has 2 rings (SSSR count). The zero-order valence-corrected chi connectivity index (χ0v) is 7.27. The molecule has 0 radical (unpaired) electrons. The maximum Gasteiger partial charge on any atom is 0.248 e. The topological polar surface area (TPSA) is 29.5 Å². The summed E-state index contributed by atoms with van der Waals surface area (Å²) in [7, 11) is 0. The molecule has 13 heavy (non-hydrogen) atoms. The van der Waals surface area contributed by atoms with Crippen LogP contribution >= 0.6 is 0 Å². The van der Waals surface area contributed by atoms with E-state index in [4.69, 9.17) is 4.84 Å². The molecule has 0 saturated carbocycles. The van der Waals surface area contributed by atoms with Gasteiger partial charge in [0.05, 0.1) is 19.6 Å². The molecule has 3 heteroatoms. The third-order valence-electron chi connectivity index (χ3n) is 2.01. The average molecular weight is 177 g/mol. The molecule has 0 aromatic heterocycles. The normalized spacial score (nSPS) is 16.6. The Bertz CT molecular complexity index is 297. The van der Waals surface area contributed by atoms with Crippen LogP contribution in [0.25, 0.3) is 0 Å². The molecule has 0 bridgehead atoms. The van der Waals surface area contributed by atoms with E-state index in [1.165, 1.54) is 5.06 Å². The summed E-state index contributed by atoms with van der Waals surface area (Å²) in [4.78, 5) is 16.3. The molecule has 1 aromatic rings. The number of benzene rings is 1. The summed E-state index contributed by atoms with van der Waals surface area (Å²) in [5.41, 5.74) is 1.10. The van der Waals surface area contributed by atoms with Crippen LogP contribution in [-0.4, -0.2) is 17.6 Å². The molecule has 0 spiro atoms. The Hall–Kier alpha value is -1.35. The van der Waals surface area contributed by atoms with Crippen LogP contribution in [0.15, 0.2) is 30.3 Å². The maximum absolute atomic E-state index is 11.2. The molecule has 1 heterocycles. The average Bonchev–Trinajstić information content (AvgIpc) is 2.54. The lowest BCUT2D eigenvalue weighted by Crippen LogP contribution is -2.22. The van der Waals surface area contributed by atoms with Gasteiger partial charge in [0.25, 0.3) is 0 Å². The van der Waals surface area contributed by atoms with Crippen molar-refractivity contribution in [1.29, 1.82) is 0 Å². The summed E-state index contributed by atoms with van der Waals surface area (Å²) in [6.07, 6.45) is 0.507. The number of hydrogen-bond donors (Lipinski definition) is 0. The van der Waals surface area contributed by atoms with Gasteiger partial charge in [0.1, 0.15) is 0 Å². The second-order valence-corrected chi connectivity index (χ2v) is 3.00. The quantitative estimate of drug-likeness (QED) is 0.682. The highest BCUT2D eigenvalue weighted by Gasteiger charge is 2.21. The van der Waals surface area contributed by atoms with Gasteiger partial charge in [0.15, 0.2) is 0 Å². The first-order valence-corrected chi connectivity index (χ1v) is 4.33. The number of hydrogen-bond acceptors (Lipinski definition) is 2. The molecular formula is C10H11NO2. The van der Waals surface area contributed by atoms with Crippen LogP contribution in [0.5, 0.6) is 0 Å². The van der Waals surface area contributed by atoms with E-state index in [1.54, 1.807) is 0 Å². The van der Waals surface area contributed by atoms with E-state index < -0.39 is 0 Å². The molecular weight excluding hydrogens is 166 g/mol. The number of amides is 1. The van der Waals surface area contributed by atoms with Crippen LogP contribution in [0.1, 0.15) is 12.0 Å². The van der Waals surface area contributed by atoms with Gasteiger partial charge >= 0.3 is 0 Å². The predicted octanol–water partition coefficient (Wildman–Crippen LogP) is 1.35. The fourth-order valence-electron chi connectivity index (χ4n) is 1.32. The predicted molar refractivity (Wildman–Crippen MR) is 47.6 cm³/mol.